The number of methoxy groups -OCH3 is 1. The van der Waals surface area contributed by atoms with Gasteiger partial charge in [-0.25, -0.2) is 4.39 Å². The zero-order valence-corrected chi connectivity index (χ0v) is 11.8. The third-order valence-corrected chi connectivity index (χ3v) is 3.35. The van der Waals surface area contributed by atoms with E-state index in [1.165, 1.54) is 38.5 Å². The molecule has 0 amide bonds. The maximum atomic E-state index is 12.9. The van der Waals surface area contributed by atoms with Crippen LogP contribution in [0.3, 0.4) is 0 Å². The number of ether oxygens (including phenoxy) is 1. The van der Waals surface area contributed by atoms with Crippen molar-refractivity contribution in [2.24, 2.45) is 0 Å². The molecule has 19 heavy (non-hydrogen) atoms. The van der Waals surface area contributed by atoms with E-state index in [2.05, 4.69) is 6.92 Å². The molecule has 106 valence electrons. The smallest absolute Gasteiger partial charge is 0.313 e. The van der Waals surface area contributed by atoms with Crippen LogP contribution in [-0.2, 0) is 9.53 Å². The van der Waals surface area contributed by atoms with E-state index in [9.17, 15) is 9.18 Å². The van der Waals surface area contributed by atoms with Gasteiger partial charge in [0.25, 0.3) is 0 Å². The van der Waals surface area contributed by atoms with Gasteiger partial charge in [-0.15, -0.1) is 0 Å². The molecule has 1 unspecified atom stereocenters. The van der Waals surface area contributed by atoms with E-state index in [1.807, 2.05) is 0 Å². The second-order valence-corrected chi connectivity index (χ2v) is 4.83. The normalized spacial score (nSPS) is 12.2. The van der Waals surface area contributed by atoms with Crippen molar-refractivity contribution in [2.45, 2.75) is 51.4 Å². The van der Waals surface area contributed by atoms with Gasteiger partial charge >= 0.3 is 5.97 Å². The molecule has 0 saturated heterocycles. The van der Waals surface area contributed by atoms with Gasteiger partial charge in [0.1, 0.15) is 5.82 Å². The number of benzene rings is 1. The lowest BCUT2D eigenvalue weighted by molar-refractivity contribution is -0.142. The largest absolute Gasteiger partial charge is 0.469 e. The highest BCUT2D eigenvalue weighted by Gasteiger charge is 2.20. The fourth-order valence-corrected chi connectivity index (χ4v) is 2.21. The van der Waals surface area contributed by atoms with Crippen LogP contribution in [0.15, 0.2) is 24.3 Å². The summed E-state index contributed by atoms with van der Waals surface area (Å²) in [4.78, 5) is 11.8. The van der Waals surface area contributed by atoms with Crippen molar-refractivity contribution in [3.63, 3.8) is 0 Å². The summed E-state index contributed by atoms with van der Waals surface area (Å²) >= 11 is 0. The van der Waals surface area contributed by atoms with Gasteiger partial charge in [0.05, 0.1) is 13.0 Å². The number of hydrogen-bond acceptors (Lipinski definition) is 2. The molecule has 0 spiro atoms. The number of unbranched alkanes of at least 4 members (excludes halogenated alkanes) is 4. The quantitative estimate of drug-likeness (QED) is 0.513. The number of rotatable bonds is 8. The van der Waals surface area contributed by atoms with Crippen molar-refractivity contribution in [2.75, 3.05) is 7.11 Å². The molecule has 3 heteroatoms. The molecule has 2 nitrogen and oxygen atoms in total. The van der Waals surface area contributed by atoms with E-state index in [4.69, 9.17) is 4.74 Å². The monoisotopic (exact) mass is 266 g/mol. The standard InChI is InChI=1S/C16H23FO2/c1-3-4-5-6-7-8-15(16(18)19-2)13-9-11-14(17)12-10-13/h9-12,15H,3-8H2,1-2H3. The van der Waals surface area contributed by atoms with Crippen molar-refractivity contribution in [3.8, 4) is 0 Å². The average molecular weight is 266 g/mol. The minimum absolute atomic E-state index is 0.234. The summed E-state index contributed by atoms with van der Waals surface area (Å²) in [6.07, 6.45) is 6.54. The maximum Gasteiger partial charge on any atom is 0.313 e. The summed E-state index contributed by atoms with van der Waals surface area (Å²) in [7, 11) is 1.40. The molecule has 0 aromatic heterocycles. The number of carbonyl (C=O) groups is 1. The van der Waals surface area contributed by atoms with E-state index >= 15 is 0 Å². The van der Waals surface area contributed by atoms with Crippen molar-refractivity contribution < 1.29 is 13.9 Å². The first-order valence-electron chi connectivity index (χ1n) is 7.02. The molecule has 0 fully saturated rings. The first kappa shape index (κ1) is 15.7. The number of hydrogen-bond donors (Lipinski definition) is 0. The van der Waals surface area contributed by atoms with Crippen LogP contribution in [0.5, 0.6) is 0 Å². The van der Waals surface area contributed by atoms with Crippen LogP contribution in [0.25, 0.3) is 0 Å². The van der Waals surface area contributed by atoms with Gasteiger partial charge in [0, 0.05) is 0 Å². The highest BCUT2D eigenvalue weighted by Crippen LogP contribution is 2.24. The molecule has 0 aliphatic heterocycles. The summed E-state index contributed by atoms with van der Waals surface area (Å²) < 4.78 is 17.8. The van der Waals surface area contributed by atoms with Crippen LogP contribution in [0.1, 0.15) is 56.9 Å². The number of carbonyl (C=O) groups excluding carboxylic acids is 1. The molecule has 1 aromatic rings. The molecule has 0 N–H and O–H groups in total. The lowest BCUT2D eigenvalue weighted by Gasteiger charge is -2.15. The SMILES string of the molecule is CCCCCCCC(C(=O)OC)c1ccc(F)cc1. The lowest BCUT2D eigenvalue weighted by atomic mass is 9.93. The van der Waals surface area contributed by atoms with E-state index in [0.717, 1.165) is 24.8 Å². The molecular formula is C16H23FO2. The van der Waals surface area contributed by atoms with Crippen LogP contribution >= 0.6 is 0 Å². The number of esters is 1. The molecular weight excluding hydrogens is 243 g/mol. The second kappa shape index (κ2) is 8.68. The van der Waals surface area contributed by atoms with Crippen molar-refractivity contribution in [1.29, 1.82) is 0 Å². The van der Waals surface area contributed by atoms with Gasteiger partial charge in [-0.1, -0.05) is 51.2 Å². The average Bonchev–Trinajstić information content (AvgIpc) is 2.43. The Morgan fingerprint density at radius 2 is 1.79 bits per heavy atom. The molecule has 1 rings (SSSR count). The van der Waals surface area contributed by atoms with E-state index in [1.54, 1.807) is 12.1 Å². The molecule has 1 atom stereocenters. The van der Waals surface area contributed by atoms with Gasteiger partial charge in [-0.05, 0) is 24.1 Å². The maximum absolute atomic E-state index is 12.9. The zero-order valence-electron chi connectivity index (χ0n) is 11.8. The second-order valence-electron chi connectivity index (χ2n) is 4.83. The Bertz CT molecular complexity index is 373. The summed E-state index contributed by atoms with van der Waals surface area (Å²) in [6.45, 7) is 2.18. The van der Waals surface area contributed by atoms with Crippen molar-refractivity contribution >= 4 is 5.97 Å². The van der Waals surface area contributed by atoms with E-state index in [-0.39, 0.29) is 17.7 Å². The molecule has 0 saturated carbocycles. The van der Waals surface area contributed by atoms with Crippen LogP contribution < -0.4 is 0 Å². The Morgan fingerprint density at radius 3 is 2.37 bits per heavy atom. The first-order valence-corrected chi connectivity index (χ1v) is 7.02. The molecule has 0 heterocycles. The van der Waals surface area contributed by atoms with Gasteiger partial charge in [-0.2, -0.15) is 0 Å². The topological polar surface area (TPSA) is 26.3 Å². The Morgan fingerprint density at radius 1 is 1.16 bits per heavy atom. The fraction of sp³-hybridized carbons (Fsp3) is 0.562. The highest BCUT2D eigenvalue weighted by molar-refractivity contribution is 5.77. The summed E-state index contributed by atoms with van der Waals surface area (Å²) in [5.41, 5.74) is 0.837. The minimum atomic E-state index is -0.282. The predicted octanol–water partition coefficient (Wildman–Crippen LogP) is 4.44. The summed E-state index contributed by atoms with van der Waals surface area (Å²) in [5.74, 6) is -0.787. The number of halogens is 1. The third-order valence-electron chi connectivity index (χ3n) is 3.35. The van der Waals surface area contributed by atoms with Crippen molar-refractivity contribution in [1.82, 2.24) is 0 Å². The lowest BCUT2D eigenvalue weighted by Crippen LogP contribution is -2.14. The summed E-state index contributed by atoms with van der Waals surface area (Å²) in [5, 5.41) is 0. The zero-order chi connectivity index (χ0) is 14.1. The van der Waals surface area contributed by atoms with Gasteiger partial charge < -0.3 is 4.74 Å². The van der Waals surface area contributed by atoms with E-state index < -0.39 is 0 Å². The Hall–Kier alpha value is -1.38. The predicted molar refractivity (Wildman–Crippen MR) is 74.5 cm³/mol. The van der Waals surface area contributed by atoms with Crippen LogP contribution in [0.4, 0.5) is 4.39 Å². The Balaban J connectivity index is 2.57. The third kappa shape index (κ3) is 5.41. The molecule has 0 bridgehead atoms. The van der Waals surface area contributed by atoms with Crippen molar-refractivity contribution in [3.05, 3.63) is 35.6 Å². The van der Waals surface area contributed by atoms with Gasteiger partial charge in [0.2, 0.25) is 0 Å². The summed E-state index contributed by atoms with van der Waals surface area (Å²) in [6, 6.07) is 6.12. The van der Waals surface area contributed by atoms with Crippen LogP contribution in [0, 0.1) is 5.82 Å². The fourth-order valence-electron chi connectivity index (χ4n) is 2.21. The van der Waals surface area contributed by atoms with Crippen LogP contribution in [0.2, 0.25) is 0 Å². The Kier molecular flexibility index (Phi) is 7.16. The molecule has 0 aliphatic rings. The van der Waals surface area contributed by atoms with Gasteiger partial charge in [-0.3, -0.25) is 4.79 Å². The highest BCUT2D eigenvalue weighted by atomic mass is 19.1. The first-order chi connectivity index (χ1) is 9.19. The minimum Gasteiger partial charge on any atom is -0.469 e. The van der Waals surface area contributed by atoms with Crippen LogP contribution in [-0.4, -0.2) is 13.1 Å². The molecule has 0 radical (unpaired) electrons. The molecule has 1 aromatic carbocycles. The van der Waals surface area contributed by atoms with Gasteiger partial charge in [0.15, 0.2) is 0 Å². The molecule has 0 aliphatic carbocycles. The van der Waals surface area contributed by atoms with E-state index in [0.29, 0.717) is 0 Å². The Labute approximate surface area is 115 Å².